The number of nitro groups is 1. The molecule has 0 spiro atoms. The lowest BCUT2D eigenvalue weighted by molar-refractivity contribution is -0.384. The van der Waals surface area contributed by atoms with Crippen LogP contribution in [0.3, 0.4) is 0 Å². The zero-order chi connectivity index (χ0) is 15.4. The Morgan fingerprint density at radius 1 is 1.29 bits per heavy atom. The normalized spacial score (nSPS) is 9.71. The van der Waals surface area contributed by atoms with E-state index in [1.165, 1.54) is 18.2 Å². The Morgan fingerprint density at radius 3 is 2.71 bits per heavy atom. The zero-order valence-corrected chi connectivity index (χ0v) is 11.2. The lowest BCUT2D eigenvalue weighted by Crippen LogP contribution is -2.13. The highest BCUT2D eigenvalue weighted by atomic mass is 16.6. The number of rotatable bonds is 3. The number of carbonyl (C=O) groups is 1. The molecule has 0 heterocycles. The van der Waals surface area contributed by atoms with Crippen molar-refractivity contribution in [3.63, 3.8) is 0 Å². The molecule has 0 radical (unpaired) electrons. The molecule has 1 amide bonds. The molecule has 2 rings (SSSR count). The number of anilines is 1. The van der Waals surface area contributed by atoms with Crippen molar-refractivity contribution >= 4 is 17.3 Å². The fraction of sp³-hybridized carbons (Fsp3) is 0.0667. The highest BCUT2D eigenvalue weighted by molar-refractivity contribution is 6.05. The molecule has 0 aliphatic heterocycles. The van der Waals surface area contributed by atoms with E-state index < -0.39 is 10.8 Å². The topological polar surface area (TPSA) is 96.0 Å². The highest BCUT2D eigenvalue weighted by Gasteiger charge is 2.12. The highest BCUT2D eigenvalue weighted by Crippen LogP contribution is 2.22. The lowest BCUT2D eigenvalue weighted by Gasteiger charge is -2.08. The fourth-order valence-corrected chi connectivity index (χ4v) is 1.78. The summed E-state index contributed by atoms with van der Waals surface area (Å²) in [6.07, 6.45) is 0. The van der Waals surface area contributed by atoms with Crippen LogP contribution in [0, 0.1) is 28.4 Å². The summed E-state index contributed by atoms with van der Waals surface area (Å²) in [6.45, 7) is 1.74. The zero-order valence-electron chi connectivity index (χ0n) is 11.2. The van der Waals surface area contributed by atoms with Gasteiger partial charge in [-0.05, 0) is 30.7 Å². The molecule has 1 N–H and O–H groups in total. The van der Waals surface area contributed by atoms with Crippen LogP contribution in [0.15, 0.2) is 42.5 Å². The van der Waals surface area contributed by atoms with E-state index in [1.807, 2.05) is 6.07 Å². The monoisotopic (exact) mass is 281 g/mol. The van der Waals surface area contributed by atoms with Crippen molar-refractivity contribution < 1.29 is 9.72 Å². The van der Waals surface area contributed by atoms with E-state index in [9.17, 15) is 14.9 Å². The van der Waals surface area contributed by atoms with Crippen LogP contribution in [0.1, 0.15) is 21.5 Å². The van der Waals surface area contributed by atoms with Gasteiger partial charge < -0.3 is 5.32 Å². The van der Waals surface area contributed by atoms with Gasteiger partial charge in [-0.1, -0.05) is 12.1 Å². The van der Waals surface area contributed by atoms with Gasteiger partial charge >= 0.3 is 0 Å². The molecule has 0 atom stereocenters. The third-order valence-electron chi connectivity index (χ3n) is 2.93. The van der Waals surface area contributed by atoms with Crippen LogP contribution < -0.4 is 5.32 Å². The molecular weight excluding hydrogens is 270 g/mol. The summed E-state index contributed by atoms with van der Waals surface area (Å²) >= 11 is 0. The van der Waals surface area contributed by atoms with Crippen molar-refractivity contribution in [2.24, 2.45) is 0 Å². The summed E-state index contributed by atoms with van der Waals surface area (Å²) in [6, 6.07) is 12.4. The van der Waals surface area contributed by atoms with Crippen molar-refractivity contribution in [3.05, 3.63) is 69.3 Å². The maximum absolute atomic E-state index is 12.1. The van der Waals surface area contributed by atoms with Gasteiger partial charge in [-0.2, -0.15) is 5.26 Å². The summed E-state index contributed by atoms with van der Waals surface area (Å²) in [5, 5.41) is 22.2. The summed E-state index contributed by atoms with van der Waals surface area (Å²) in [4.78, 5) is 22.4. The van der Waals surface area contributed by atoms with Gasteiger partial charge in [-0.3, -0.25) is 14.9 Å². The minimum atomic E-state index is -0.522. The molecule has 6 nitrogen and oxygen atoms in total. The molecule has 6 heteroatoms. The lowest BCUT2D eigenvalue weighted by atomic mass is 10.1. The van der Waals surface area contributed by atoms with Crippen molar-refractivity contribution in [2.45, 2.75) is 6.92 Å². The van der Waals surface area contributed by atoms with Gasteiger partial charge in [0, 0.05) is 17.7 Å². The standard InChI is InChI=1S/C15H11N3O3/c1-10-5-6-13(18(20)21)8-14(10)17-15(19)12-4-2-3-11(7-12)9-16/h2-8H,1H3,(H,17,19). The summed E-state index contributed by atoms with van der Waals surface area (Å²) in [5.74, 6) is -0.421. The van der Waals surface area contributed by atoms with Gasteiger partial charge in [-0.25, -0.2) is 0 Å². The first-order chi connectivity index (χ1) is 10.0. The van der Waals surface area contributed by atoms with Crippen molar-refractivity contribution in [3.8, 4) is 6.07 Å². The second-order valence-corrected chi connectivity index (χ2v) is 4.40. The first kappa shape index (κ1) is 14.2. The average molecular weight is 281 g/mol. The van der Waals surface area contributed by atoms with E-state index in [-0.39, 0.29) is 5.69 Å². The molecule has 104 valence electrons. The number of benzene rings is 2. The molecule has 0 aromatic heterocycles. The Bertz CT molecular complexity index is 763. The summed E-state index contributed by atoms with van der Waals surface area (Å²) in [5.41, 5.74) is 1.68. The number of aryl methyl sites for hydroxylation is 1. The van der Waals surface area contributed by atoms with Gasteiger partial charge in [0.15, 0.2) is 0 Å². The Labute approximate surface area is 120 Å². The number of nitro benzene ring substituents is 1. The molecule has 0 bridgehead atoms. The van der Waals surface area contributed by atoms with Gasteiger partial charge in [0.2, 0.25) is 0 Å². The quantitative estimate of drug-likeness (QED) is 0.690. The Hall–Kier alpha value is -3.20. The minimum Gasteiger partial charge on any atom is -0.321 e. The number of carbonyl (C=O) groups excluding carboxylic acids is 1. The average Bonchev–Trinajstić information content (AvgIpc) is 2.49. The van der Waals surface area contributed by atoms with E-state index in [0.29, 0.717) is 22.4 Å². The second kappa shape index (κ2) is 5.84. The Kier molecular flexibility index (Phi) is 3.95. The van der Waals surface area contributed by atoms with Gasteiger partial charge in [0.1, 0.15) is 0 Å². The molecule has 0 aliphatic carbocycles. The third-order valence-corrected chi connectivity index (χ3v) is 2.93. The molecule has 0 fully saturated rings. The SMILES string of the molecule is Cc1ccc([N+](=O)[O-])cc1NC(=O)c1cccc(C#N)c1. The van der Waals surface area contributed by atoms with Crippen LogP contribution in [0.5, 0.6) is 0 Å². The largest absolute Gasteiger partial charge is 0.321 e. The van der Waals surface area contributed by atoms with Crippen molar-refractivity contribution in [1.82, 2.24) is 0 Å². The maximum atomic E-state index is 12.1. The first-order valence-corrected chi connectivity index (χ1v) is 6.08. The van der Waals surface area contributed by atoms with Crippen LogP contribution in [-0.4, -0.2) is 10.8 Å². The molecule has 0 unspecified atom stereocenters. The van der Waals surface area contributed by atoms with E-state index >= 15 is 0 Å². The molecule has 2 aromatic rings. The maximum Gasteiger partial charge on any atom is 0.271 e. The van der Waals surface area contributed by atoms with Gasteiger partial charge in [0.25, 0.3) is 11.6 Å². The summed E-state index contributed by atoms with van der Waals surface area (Å²) in [7, 11) is 0. The van der Waals surface area contributed by atoms with E-state index in [4.69, 9.17) is 5.26 Å². The number of nitrogens with one attached hydrogen (secondary N) is 1. The van der Waals surface area contributed by atoms with Crippen LogP contribution in [0.25, 0.3) is 0 Å². The van der Waals surface area contributed by atoms with E-state index in [0.717, 1.165) is 0 Å². The van der Waals surface area contributed by atoms with Crippen LogP contribution in [0.4, 0.5) is 11.4 Å². The fourth-order valence-electron chi connectivity index (χ4n) is 1.78. The number of amides is 1. The summed E-state index contributed by atoms with van der Waals surface area (Å²) < 4.78 is 0. The first-order valence-electron chi connectivity index (χ1n) is 6.08. The number of non-ortho nitro benzene ring substituents is 1. The van der Waals surface area contributed by atoms with Crippen molar-refractivity contribution in [2.75, 3.05) is 5.32 Å². The molecule has 0 saturated heterocycles. The number of nitrogens with zero attached hydrogens (tertiary/aromatic N) is 2. The van der Waals surface area contributed by atoms with Gasteiger partial charge in [-0.15, -0.1) is 0 Å². The predicted octanol–water partition coefficient (Wildman–Crippen LogP) is 3.03. The Balaban J connectivity index is 2.29. The van der Waals surface area contributed by atoms with Gasteiger partial charge in [0.05, 0.1) is 22.2 Å². The van der Waals surface area contributed by atoms with Crippen molar-refractivity contribution in [1.29, 1.82) is 5.26 Å². The number of hydrogen-bond acceptors (Lipinski definition) is 4. The van der Waals surface area contributed by atoms with E-state index in [2.05, 4.69) is 5.32 Å². The predicted molar refractivity (Wildman–Crippen MR) is 76.9 cm³/mol. The molecular formula is C15H11N3O3. The molecule has 21 heavy (non-hydrogen) atoms. The molecule has 0 saturated carbocycles. The Morgan fingerprint density at radius 2 is 2.05 bits per heavy atom. The minimum absolute atomic E-state index is 0.0957. The van der Waals surface area contributed by atoms with E-state index in [1.54, 1.807) is 31.2 Å². The van der Waals surface area contributed by atoms with Crippen LogP contribution >= 0.6 is 0 Å². The number of hydrogen-bond donors (Lipinski definition) is 1. The number of nitriles is 1. The molecule has 0 aliphatic rings. The smallest absolute Gasteiger partial charge is 0.271 e. The molecule has 2 aromatic carbocycles. The van der Waals surface area contributed by atoms with Crippen LogP contribution in [0.2, 0.25) is 0 Å². The van der Waals surface area contributed by atoms with Crippen LogP contribution in [-0.2, 0) is 0 Å². The third kappa shape index (κ3) is 3.22. The second-order valence-electron chi connectivity index (χ2n) is 4.40.